The van der Waals surface area contributed by atoms with Gasteiger partial charge in [0.05, 0.1) is 0 Å². The Kier molecular flexibility index (Phi) is 2.27. The van der Waals surface area contributed by atoms with Crippen LogP contribution in [0.15, 0.2) is 12.1 Å². The van der Waals surface area contributed by atoms with E-state index in [1.807, 2.05) is 13.0 Å². The summed E-state index contributed by atoms with van der Waals surface area (Å²) in [7, 11) is 0. The van der Waals surface area contributed by atoms with Crippen molar-refractivity contribution in [2.75, 3.05) is 13.1 Å². The van der Waals surface area contributed by atoms with Crippen LogP contribution in [0.5, 0.6) is 0 Å². The Bertz CT molecular complexity index is 286. The van der Waals surface area contributed by atoms with Crippen LogP contribution < -0.4 is 5.32 Å². The molecule has 1 aromatic rings. The van der Waals surface area contributed by atoms with E-state index < -0.39 is 0 Å². The molecule has 2 rings (SSSR count). The lowest BCUT2D eigenvalue weighted by Crippen LogP contribution is -2.09. The molecule has 1 aromatic heterocycles. The zero-order chi connectivity index (χ0) is 9.26. The van der Waals surface area contributed by atoms with E-state index in [-0.39, 0.29) is 5.95 Å². The van der Waals surface area contributed by atoms with Crippen molar-refractivity contribution in [3.63, 3.8) is 0 Å². The summed E-state index contributed by atoms with van der Waals surface area (Å²) in [6, 6.07) is 3.44. The van der Waals surface area contributed by atoms with Crippen LogP contribution in [-0.4, -0.2) is 18.1 Å². The van der Waals surface area contributed by atoms with Crippen molar-refractivity contribution < 1.29 is 4.39 Å². The highest BCUT2D eigenvalue weighted by molar-refractivity contribution is 5.19. The third kappa shape index (κ3) is 1.86. The molecule has 1 unspecified atom stereocenters. The minimum absolute atomic E-state index is 0.359. The van der Waals surface area contributed by atoms with E-state index in [1.54, 1.807) is 0 Å². The van der Waals surface area contributed by atoms with Crippen molar-refractivity contribution >= 4 is 0 Å². The monoisotopic (exact) mass is 180 g/mol. The number of halogens is 1. The fourth-order valence-corrected chi connectivity index (χ4v) is 1.77. The largest absolute Gasteiger partial charge is 0.316 e. The van der Waals surface area contributed by atoms with Crippen molar-refractivity contribution in [2.24, 2.45) is 0 Å². The SMILES string of the molecule is Cc1cc(F)nc(C2CCNC2)c1. The number of hydrogen-bond acceptors (Lipinski definition) is 2. The third-order valence-corrected chi connectivity index (χ3v) is 2.44. The summed E-state index contributed by atoms with van der Waals surface area (Å²) >= 11 is 0. The molecule has 0 aromatic carbocycles. The average molecular weight is 180 g/mol. The van der Waals surface area contributed by atoms with Crippen molar-refractivity contribution in [3.8, 4) is 0 Å². The van der Waals surface area contributed by atoms with Gasteiger partial charge in [-0.2, -0.15) is 4.39 Å². The van der Waals surface area contributed by atoms with Crippen LogP contribution in [0, 0.1) is 12.9 Å². The molecule has 1 aliphatic rings. The molecule has 1 atom stereocenters. The van der Waals surface area contributed by atoms with Crippen LogP contribution in [-0.2, 0) is 0 Å². The van der Waals surface area contributed by atoms with Crippen molar-refractivity contribution in [3.05, 3.63) is 29.3 Å². The van der Waals surface area contributed by atoms with Crippen molar-refractivity contribution in [2.45, 2.75) is 19.3 Å². The zero-order valence-electron chi connectivity index (χ0n) is 7.68. The number of nitrogens with zero attached hydrogens (tertiary/aromatic N) is 1. The molecule has 0 radical (unpaired) electrons. The number of nitrogens with one attached hydrogen (secondary N) is 1. The summed E-state index contributed by atoms with van der Waals surface area (Å²) in [5.41, 5.74) is 1.84. The number of rotatable bonds is 1. The summed E-state index contributed by atoms with van der Waals surface area (Å²) in [4.78, 5) is 3.91. The molecule has 0 amide bonds. The summed E-state index contributed by atoms with van der Waals surface area (Å²) in [5.74, 6) is 0.0382. The quantitative estimate of drug-likeness (QED) is 0.664. The van der Waals surface area contributed by atoms with Gasteiger partial charge in [0.1, 0.15) is 0 Å². The molecule has 1 N–H and O–H groups in total. The summed E-state index contributed by atoms with van der Waals surface area (Å²) in [6.07, 6.45) is 1.07. The topological polar surface area (TPSA) is 24.9 Å². The van der Waals surface area contributed by atoms with Gasteiger partial charge in [0.15, 0.2) is 0 Å². The maximum absolute atomic E-state index is 12.9. The van der Waals surface area contributed by atoms with Gasteiger partial charge in [0.2, 0.25) is 5.95 Å². The van der Waals surface area contributed by atoms with Crippen LogP contribution in [0.4, 0.5) is 4.39 Å². The first-order valence-corrected chi connectivity index (χ1v) is 4.60. The smallest absolute Gasteiger partial charge is 0.213 e. The van der Waals surface area contributed by atoms with E-state index in [9.17, 15) is 4.39 Å². The molecule has 0 saturated carbocycles. The lowest BCUT2D eigenvalue weighted by atomic mass is 10.0. The van der Waals surface area contributed by atoms with Crippen LogP contribution in [0.3, 0.4) is 0 Å². The molecule has 1 saturated heterocycles. The molecule has 2 heterocycles. The highest BCUT2D eigenvalue weighted by Crippen LogP contribution is 2.21. The van der Waals surface area contributed by atoms with Gasteiger partial charge in [-0.15, -0.1) is 0 Å². The van der Waals surface area contributed by atoms with Gasteiger partial charge in [0, 0.05) is 18.2 Å². The second-order valence-corrected chi connectivity index (χ2v) is 3.58. The average Bonchev–Trinajstić information content (AvgIpc) is 2.53. The van der Waals surface area contributed by atoms with Crippen LogP contribution in [0.2, 0.25) is 0 Å². The normalized spacial score (nSPS) is 22.2. The second kappa shape index (κ2) is 3.42. The van der Waals surface area contributed by atoms with Crippen molar-refractivity contribution in [1.82, 2.24) is 10.3 Å². The maximum atomic E-state index is 12.9. The molecule has 2 nitrogen and oxygen atoms in total. The fourth-order valence-electron chi connectivity index (χ4n) is 1.77. The van der Waals surface area contributed by atoms with Crippen LogP contribution in [0.1, 0.15) is 23.6 Å². The Balaban J connectivity index is 2.28. The molecule has 13 heavy (non-hydrogen) atoms. The molecule has 0 bridgehead atoms. The molecular weight excluding hydrogens is 167 g/mol. The van der Waals surface area contributed by atoms with Gasteiger partial charge < -0.3 is 5.32 Å². The molecule has 0 spiro atoms. The number of aryl methyl sites for hydroxylation is 1. The van der Waals surface area contributed by atoms with Gasteiger partial charge >= 0.3 is 0 Å². The van der Waals surface area contributed by atoms with E-state index in [1.165, 1.54) is 6.07 Å². The Hall–Kier alpha value is -0.960. The number of aromatic nitrogens is 1. The van der Waals surface area contributed by atoms with E-state index in [0.717, 1.165) is 30.8 Å². The Morgan fingerprint density at radius 1 is 1.54 bits per heavy atom. The van der Waals surface area contributed by atoms with Gasteiger partial charge in [-0.25, -0.2) is 4.98 Å². The van der Waals surface area contributed by atoms with Gasteiger partial charge in [-0.3, -0.25) is 0 Å². The minimum atomic E-state index is -0.359. The molecule has 70 valence electrons. The lowest BCUT2D eigenvalue weighted by Gasteiger charge is -2.08. The lowest BCUT2D eigenvalue weighted by molar-refractivity contribution is 0.566. The van der Waals surface area contributed by atoms with Crippen molar-refractivity contribution in [1.29, 1.82) is 0 Å². The van der Waals surface area contributed by atoms with Crippen LogP contribution in [0.25, 0.3) is 0 Å². The molecule has 3 heteroatoms. The highest BCUT2D eigenvalue weighted by Gasteiger charge is 2.18. The molecular formula is C10H13FN2. The zero-order valence-corrected chi connectivity index (χ0v) is 7.68. The van der Waals surface area contributed by atoms with Gasteiger partial charge in [0.25, 0.3) is 0 Å². The third-order valence-electron chi connectivity index (χ3n) is 2.44. The van der Waals surface area contributed by atoms with E-state index in [0.29, 0.717) is 5.92 Å². The van der Waals surface area contributed by atoms with Crippen LogP contribution >= 0.6 is 0 Å². The Labute approximate surface area is 77.2 Å². The maximum Gasteiger partial charge on any atom is 0.213 e. The first-order chi connectivity index (χ1) is 6.25. The fraction of sp³-hybridized carbons (Fsp3) is 0.500. The number of pyridine rings is 1. The standard InChI is InChI=1S/C10H13FN2/c1-7-4-9(13-10(11)5-7)8-2-3-12-6-8/h4-5,8,12H,2-3,6H2,1H3. The van der Waals surface area contributed by atoms with Gasteiger partial charge in [-0.05, 0) is 37.6 Å². The second-order valence-electron chi connectivity index (χ2n) is 3.58. The first kappa shape index (κ1) is 8.63. The molecule has 1 aliphatic heterocycles. The molecule has 1 fully saturated rings. The van der Waals surface area contributed by atoms with Gasteiger partial charge in [-0.1, -0.05) is 0 Å². The predicted molar refractivity (Wildman–Crippen MR) is 49.2 cm³/mol. The number of hydrogen-bond donors (Lipinski definition) is 1. The summed E-state index contributed by atoms with van der Waals surface area (Å²) < 4.78 is 12.9. The summed E-state index contributed by atoms with van der Waals surface area (Å²) in [5, 5.41) is 3.25. The minimum Gasteiger partial charge on any atom is -0.316 e. The predicted octanol–water partition coefficient (Wildman–Crippen LogP) is 1.61. The van der Waals surface area contributed by atoms with E-state index in [4.69, 9.17) is 0 Å². The Morgan fingerprint density at radius 3 is 3.00 bits per heavy atom. The van der Waals surface area contributed by atoms with E-state index in [2.05, 4.69) is 10.3 Å². The van der Waals surface area contributed by atoms with E-state index >= 15 is 0 Å². The Morgan fingerprint density at radius 2 is 2.38 bits per heavy atom. The summed E-state index contributed by atoms with van der Waals surface area (Å²) in [6.45, 7) is 3.84. The molecule has 0 aliphatic carbocycles. The first-order valence-electron chi connectivity index (χ1n) is 4.60. The highest BCUT2D eigenvalue weighted by atomic mass is 19.1.